The van der Waals surface area contributed by atoms with Crippen LogP contribution < -0.4 is 19.7 Å². The number of benzene rings is 2. The molecule has 0 bridgehead atoms. The van der Waals surface area contributed by atoms with Crippen LogP contribution in [0.3, 0.4) is 0 Å². The van der Waals surface area contributed by atoms with Gasteiger partial charge in [-0.05, 0) is 42.7 Å². The lowest BCUT2D eigenvalue weighted by Crippen LogP contribution is -2.43. The van der Waals surface area contributed by atoms with Crippen LogP contribution in [0.2, 0.25) is 0 Å². The highest BCUT2D eigenvalue weighted by Gasteiger charge is 2.40. The number of rotatable bonds is 4. The van der Waals surface area contributed by atoms with Crippen molar-refractivity contribution in [3.8, 4) is 11.5 Å². The predicted octanol–water partition coefficient (Wildman–Crippen LogP) is 2.73. The molecule has 1 N–H and O–H groups in total. The Hall–Kier alpha value is -3.07. The van der Waals surface area contributed by atoms with E-state index in [1.807, 2.05) is 0 Å². The molecule has 8 nitrogen and oxygen atoms in total. The molecule has 32 heavy (non-hydrogen) atoms. The molecule has 0 aromatic heterocycles. The first-order valence-electron chi connectivity index (χ1n) is 10.8. The fourth-order valence-corrected chi connectivity index (χ4v) is 6.57. The van der Waals surface area contributed by atoms with Crippen LogP contribution in [0, 0.1) is 0 Å². The van der Waals surface area contributed by atoms with Crippen LogP contribution in [0.1, 0.15) is 42.9 Å². The highest BCUT2D eigenvalue weighted by Crippen LogP contribution is 2.43. The van der Waals surface area contributed by atoms with Gasteiger partial charge in [0, 0.05) is 12.5 Å². The highest BCUT2D eigenvalue weighted by atomic mass is 32.2. The molecule has 2 aromatic rings. The third-order valence-corrected chi connectivity index (χ3v) is 8.43. The average molecular weight is 457 g/mol. The quantitative estimate of drug-likeness (QED) is 0.759. The van der Waals surface area contributed by atoms with E-state index in [9.17, 15) is 18.0 Å². The van der Waals surface area contributed by atoms with E-state index >= 15 is 0 Å². The second-order valence-electron chi connectivity index (χ2n) is 8.35. The molecule has 168 valence electrons. The molecule has 9 heteroatoms. The lowest BCUT2D eigenvalue weighted by Gasteiger charge is -2.23. The van der Waals surface area contributed by atoms with E-state index in [1.54, 1.807) is 36.4 Å². The average Bonchev–Trinajstić information content (AvgIpc) is 3.45. The maximum Gasteiger partial charge on any atom is 0.240 e. The van der Waals surface area contributed by atoms with Crippen LogP contribution in [0.15, 0.2) is 47.4 Å². The number of nitrogens with one attached hydrogen (secondary N) is 1. The van der Waals surface area contributed by atoms with Crippen LogP contribution in [0.5, 0.6) is 11.5 Å². The second-order valence-corrected chi connectivity index (χ2v) is 10.4. The van der Waals surface area contributed by atoms with Gasteiger partial charge in [-0.25, -0.2) is 8.42 Å². The molecule has 1 atom stereocenters. The minimum Gasteiger partial charge on any atom is -0.454 e. The van der Waals surface area contributed by atoms with Gasteiger partial charge in [0.05, 0.1) is 15.8 Å². The van der Waals surface area contributed by atoms with E-state index in [1.165, 1.54) is 11.0 Å². The minimum atomic E-state index is -3.90. The number of para-hydroxylation sites is 1. The van der Waals surface area contributed by atoms with Crippen molar-refractivity contribution in [3.63, 3.8) is 0 Å². The van der Waals surface area contributed by atoms with Crippen LogP contribution in [0.4, 0.5) is 5.69 Å². The first-order valence-corrected chi connectivity index (χ1v) is 12.3. The number of carbonyl (C=O) groups is 2. The zero-order valence-corrected chi connectivity index (χ0v) is 18.3. The Morgan fingerprint density at radius 2 is 1.81 bits per heavy atom. The zero-order valence-electron chi connectivity index (χ0n) is 17.5. The van der Waals surface area contributed by atoms with Crippen LogP contribution in [-0.2, 0) is 19.4 Å². The van der Waals surface area contributed by atoms with Gasteiger partial charge in [0.15, 0.2) is 21.3 Å². The zero-order chi connectivity index (χ0) is 22.3. The van der Waals surface area contributed by atoms with Gasteiger partial charge >= 0.3 is 0 Å². The summed E-state index contributed by atoms with van der Waals surface area (Å²) in [5, 5.41) is 1.89. The van der Waals surface area contributed by atoms with Crippen molar-refractivity contribution in [3.05, 3.63) is 48.0 Å². The molecule has 1 unspecified atom stereocenters. The molecular formula is C23H24N2O6S. The summed E-state index contributed by atoms with van der Waals surface area (Å²) in [4.78, 5) is 27.3. The topological polar surface area (TPSA) is 102 Å². The molecule has 1 aliphatic carbocycles. The van der Waals surface area contributed by atoms with Crippen molar-refractivity contribution >= 4 is 27.3 Å². The summed E-state index contributed by atoms with van der Waals surface area (Å²) in [5.74, 6) is 0.300. The van der Waals surface area contributed by atoms with Gasteiger partial charge in [-0.15, -0.1) is 0 Å². The lowest BCUT2D eigenvalue weighted by molar-refractivity contribution is -0.124. The van der Waals surface area contributed by atoms with Gasteiger partial charge in [0.1, 0.15) is 6.54 Å². The molecule has 1 fully saturated rings. The molecule has 0 radical (unpaired) electrons. The van der Waals surface area contributed by atoms with Gasteiger partial charge in [-0.3, -0.25) is 9.59 Å². The summed E-state index contributed by atoms with van der Waals surface area (Å²) in [6, 6.07) is 11.4. The van der Waals surface area contributed by atoms with Crippen molar-refractivity contribution < 1.29 is 27.5 Å². The summed E-state index contributed by atoms with van der Waals surface area (Å²) in [7, 11) is -3.90. The summed E-state index contributed by atoms with van der Waals surface area (Å²) in [5.41, 5.74) is 0.692. The van der Waals surface area contributed by atoms with Crippen LogP contribution in [0.25, 0.3) is 0 Å². The van der Waals surface area contributed by atoms with E-state index in [0.717, 1.165) is 25.7 Å². The molecule has 2 aliphatic heterocycles. The molecule has 2 amide bonds. The number of hydrogen-bond donors (Lipinski definition) is 1. The standard InChI is InChI=1S/C23H24N2O6S/c26-22(24-16-5-1-2-6-16)13-25-17-7-3-4-8-20(17)32(28,29)21(12-23(25)27)15-9-10-18-19(11-15)31-14-30-18/h3-4,7-11,16,21H,1-2,5-6,12-14H2,(H,24,26). The Morgan fingerprint density at radius 3 is 2.62 bits per heavy atom. The van der Waals surface area contributed by atoms with Gasteiger partial charge < -0.3 is 19.7 Å². The third kappa shape index (κ3) is 3.70. The monoisotopic (exact) mass is 456 g/mol. The largest absolute Gasteiger partial charge is 0.454 e. The minimum absolute atomic E-state index is 0.0437. The molecule has 0 saturated heterocycles. The van der Waals surface area contributed by atoms with Crippen molar-refractivity contribution in [2.75, 3.05) is 18.2 Å². The molecule has 2 heterocycles. The van der Waals surface area contributed by atoms with E-state index in [4.69, 9.17) is 9.47 Å². The number of hydrogen-bond acceptors (Lipinski definition) is 6. The number of carbonyl (C=O) groups excluding carboxylic acids is 2. The summed E-state index contributed by atoms with van der Waals surface area (Å²) < 4.78 is 38.0. The summed E-state index contributed by atoms with van der Waals surface area (Å²) >= 11 is 0. The van der Waals surface area contributed by atoms with E-state index in [-0.39, 0.29) is 42.3 Å². The highest BCUT2D eigenvalue weighted by molar-refractivity contribution is 7.92. The van der Waals surface area contributed by atoms with E-state index in [2.05, 4.69) is 5.32 Å². The molecule has 0 spiro atoms. The van der Waals surface area contributed by atoms with Gasteiger partial charge in [0.25, 0.3) is 0 Å². The van der Waals surface area contributed by atoms with Crippen molar-refractivity contribution in [1.82, 2.24) is 5.32 Å². The number of nitrogens with zero attached hydrogens (tertiary/aromatic N) is 1. The summed E-state index contributed by atoms with van der Waals surface area (Å²) in [6.45, 7) is -0.141. The smallest absolute Gasteiger partial charge is 0.240 e. The maximum atomic E-state index is 13.6. The molecule has 1 saturated carbocycles. The van der Waals surface area contributed by atoms with Crippen LogP contribution in [-0.4, -0.2) is 39.6 Å². The lowest BCUT2D eigenvalue weighted by atomic mass is 10.1. The maximum absolute atomic E-state index is 13.6. The molecule has 5 rings (SSSR count). The first kappa shape index (κ1) is 20.8. The Labute approximate surface area is 186 Å². The Morgan fingerprint density at radius 1 is 1.06 bits per heavy atom. The first-order chi connectivity index (χ1) is 15.4. The molecule has 3 aliphatic rings. The molecular weight excluding hydrogens is 432 g/mol. The fourth-order valence-electron chi connectivity index (χ4n) is 4.66. The predicted molar refractivity (Wildman–Crippen MR) is 116 cm³/mol. The number of fused-ring (bicyclic) bond motifs is 2. The number of anilines is 1. The van der Waals surface area contributed by atoms with Crippen LogP contribution >= 0.6 is 0 Å². The van der Waals surface area contributed by atoms with Gasteiger partial charge in [-0.2, -0.15) is 0 Å². The Balaban J connectivity index is 1.50. The second kappa shape index (κ2) is 8.12. The number of amides is 2. The SMILES string of the molecule is O=C(CN1C(=O)CC(c2ccc3c(c2)OCO3)S(=O)(=O)c2ccccc21)NC1CCCC1. The third-order valence-electron chi connectivity index (χ3n) is 6.29. The van der Waals surface area contributed by atoms with Crippen molar-refractivity contribution in [2.45, 2.75) is 48.3 Å². The fraction of sp³-hybridized carbons (Fsp3) is 0.391. The van der Waals surface area contributed by atoms with Crippen molar-refractivity contribution in [1.29, 1.82) is 0 Å². The van der Waals surface area contributed by atoms with E-state index in [0.29, 0.717) is 17.1 Å². The van der Waals surface area contributed by atoms with Gasteiger partial charge in [0.2, 0.25) is 18.6 Å². The normalized spacial score (nSPS) is 21.8. The Bertz CT molecular complexity index is 1170. The summed E-state index contributed by atoms with van der Waals surface area (Å²) in [6.07, 6.45) is 3.73. The van der Waals surface area contributed by atoms with Gasteiger partial charge in [-0.1, -0.05) is 31.0 Å². The number of ether oxygens (including phenoxy) is 2. The molecule has 2 aromatic carbocycles. The van der Waals surface area contributed by atoms with Crippen molar-refractivity contribution in [2.24, 2.45) is 0 Å². The Kier molecular flexibility index (Phi) is 5.28. The van der Waals surface area contributed by atoms with E-state index < -0.39 is 21.0 Å². The number of sulfone groups is 1.